The molecule has 0 unspecified atom stereocenters. The van der Waals surface area contributed by atoms with Gasteiger partial charge in [-0.25, -0.2) is 0 Å². The van der Waals surface area contributed by atoms with Crippen molar-refractivity contribution in [2.45, 2.75) is 23.6 Å². The topological polar surface area (TPSA) is 154 Å². The Morgan fingerprint density at radius 2 is 1.38 bits per heavy atom. The number of hydrogen-bond donors (Lipinski definition) is 3. The fourth-order valence-corrected chi connectivity index (χ4v) is 4.53. The summed E-state index contributed by atoms with van der Waals surface area (Å²) >= 11 is 0. The first-order valence-electron chi connectivity index (χ1n) is 8.13. The van der Waals surface area contributed by atoms with E-state index in [9.17, 15) is 31.0 Å². The quantitative estimate of drug-likeness (QED) is 0.411. The van der Waals surface area contributed by atoms with E-state index in [1.807, 2.05) is 0 Å². The smallest absolute Gasteiger partial charge is 0.297 e. The molecule has 0 amide bonds. The second kappa shape index (κ2) is 7.19. The zero-order valence-electron chi connectivity index (χ0n) is 15.2. The maximum atomic E-state index is 11.8. The summed E-state index contributed by atoms with van der Waals surface area (Å²) in [7, 11) is -9.26. The molecule has 0 spiro atoms. The van der Waals surface area contributed by atoms with E-state index in [-0.39, 0.29) is 27.7 Å². The normalized spacial score (nSPS) is 12.7. The summed E-state index contributed by atoms with van der Waals surface area (Å²) in [6.07, 6.45) is 0. The van der Waals surface area contributed by atoms with E-state index in [1.165, 1.54) is 31.2 Å². The Balaban J connectivity index is 2.27. The van der Waals surface area contributed by atoms with E-state index in [4.69, 9.17) is 0 Å². The Labute approximate surface area is 166 Å². The third kappa shape index (κ3) is 3.98. The van der Waals surface area contributed by atoms with Crippen LogP contribution in [0.3, 0.4) is 0 Å². The summed E-state index contributed by atoms with van der Waals surface area (Å²) in [6.45, 7) is 3.14. The maximum absolute atomic E-state index is 11.8. The van der Waals surface area contributed by atoms with E-state index in [2.05, 4.69) is 10.2 Å². The van der Waals surface area contributed by atoms with Crippen LogP contribution in [-0.2, 0) is 20.2 Å². The average molecular weight is 436 g/mol. The van der Waals surface area contributed by atoms with Crippen LogP contribution in [0.5, 0.6) is 5.75 Å². The molecule has 0 heterocycles. The molecule has 152 valence electrons. The number of fused-ring (bicyclic) bond motifs is 1. The van der Waals surface area contributed by atoms with Crippen LogP contribution in [0.4, 0.5) is 11.4 Å². The monoisotopic (exact) mass is 436 g/mol. The van der Waals surface area contributed by atoms with Crippen LogP contribution in [0, 0.1) is 13.8 Å². The third-order valence-electron chi connectivity index (χ3n) is 4.42. The zero-order chi connectivity index (χ0) is 21.6. The number of benzene rings is 3. The van der Waals surface area contributed by atoms with Gasteiger partial charge in [0.1, 0.15) is 21.2 Å². The van der Waals surface area contributed by atoms with Crippen LogP contribution in [0.1, 0.15) is 11.1 Å². The van der Waals surface area contributed by atoms with Gasteiger partial charge in [-0.15, -0.1) is 10.2 Å². The van der Waals surface area contributed by atoms with Gasteiger partial charge in [-0.05, 0) is 37.1 Å². The van der Waals surface area contributed by atoms with Crippen LogP contribution in [-0.4, -0.2) is 31.0 Å². The lowest BCUT2D eigenvalue weighted by Gasteiger charge is -2.10. The number of phenolic OH excluding ortho intramolecular Hbond substituents is 1. The molecule has 0 aromatic heterocycles. The molecule has 3 aromatic rings. The Morgan fingerprint density at radius 1 is 0.793 bits per heavy atom. The molecular weight excluding hydrogens is 420 g/mol. The van der Waals surface area contributed by atoms with Gasteiger partial charge in [0.05, 0.1) is 0 Å². The second-order valence-electron chi connectivity index (χ2n) is 6.29. The maximum Gasteiger partial charge on any atom is 0.297 e. The Kier molecular flexibility index (Phi) is 5.17. The molecule has 3 aromatic carbocycles. The molecule has 29 heavy (non-hydrogen) atoms. The molecule has 0 aliphatic heterocycles. The number of hydrogen-bond acceptors (Lipinski definition) is 7. The minimum absolute atomic E-state index is 0.0799. The van der Waals surface area contributed by atoms with Crippen LogP contribution in [0.25, 0.3) is 10.8 Å². The lowest BCUT2D eigenvalue weighted by molar-refractivity contribution is 0.479. The molecule has 3 rings (SSSR count). The van der Waals surface area contributed by atoms with E-state index in [0.717, 1.165) is 6.07 Å². The van der Waals surface area contributed by atoms with E-state index >= 15 is 0 Å². The lowest BCUT2D eigenvalue weighted by atomic mass is 10.1. The SMILES string of the molecule is Cc1ccc(N=Nc2cc(S(=O)(=O)O)c3ccccc3c2O)c(S(=O)(=O)O)c1C. The van der Waals surface area contributed by atoms with Crippen molar-refractivity contribution >= 4 is 42.4 Å². The van der Waals surface area contributed by atoms with E-state index in [1.54, 1.807) is 19.1 Å². The number of phenols is 1. The third-order valence-corrected chi connectivity index (χ3v) is 6.34. The molecule has 9 nitrogen and oxygen atoms in total. The predicted octanol–water partition coefficient (Wildman–Crippen LogP) is 4.07. The van der Waals surface area contributed by atoms with Crippen LogP contribution in [0.2, 0.25) is 0 Å². The first-order chi connectivity index (χ1) is 13.4. The van der Waals surface area contributed by atoms with Gasteiger partial charge in [-0.3, -0.25) is 9.11 Å². The van der Waals surface area contributed by atoms with Crippen molar-refractivity contribution in [3.05, 3.63) is 53.6 Å². The standard InChI is InChI=1S/C18H16N2O7S2/c1-10-7-8-14(18(11(10)2)29(25,26)27)19-20-15-9-16(28(22,23)24)12-5-3-4-6-13(12)17(15)21/h3-9,21H,1-2H3,(H,22,23,24)(H,25,26,27). The van der Waals surface area contributed by atoms with Gasteiger partial charge in [0, 0.05) is 10.8 Å². The minimum Gasteiger partial charge on any atom is -0.505 e. The highest BCUT2D eigenvalue weighted by atomic mass is 32.2. The van der Waals surface area contributed by atoms with Crippen LogP contribution < -0.4 is 0 Å². The van der Waals surface area contributed by atoms with Gasteiger partial charge in [0.2, 0.25) is 0 Å². The van der Waals surface area contributed by atoms with Crippen molar-refractivity contribution < 1.29 is 31.0 Å². The Hall–Kier alpha value is -2.86. The fourth-order valence-electron chi connectivity index (χ4n) is 2.89. The molecular formula is C18H16N2O7S2. The highest BCUT2D eigenvalue weighted by Gasteiger charge is 2.22. The van der Waals surface area contributed by atoms with E-state index < -0.39 is 35.8 Å². The summed E-state index contributed by atoms with van der Waals surface area (Å²) in [5.41, 5.74) is 0.358. The molecule has 0 fully saturated rings. The molecule has 0 atom stereocenters. The van der Waals surface area contributed by atoms with Crippen LogP contribution in [0.15, 0.2) is 62.5 Å². The molecule has 0 aliphatic carbocycles. The van der Waals surface area contributed by atoms with Gasteiger partial charge in [-0.1, -0.05) is 30.3 Å². The summed E-state index contributed by atoms with van der Waals surface area (Å²) in [6, 6.07) is 9.72. The molecule has 11 heteroatoms. The number of rotatable bonds is 4. The molecule has 0 bridgehead atoms. The zero-order valence-corrected chi connectivity index (χ0v) is 16.9. The highest BCUT2D eigenvalue weighted by molar-refractivity contribution is 7.86. The summed E-state index contributed by atoms with van der Waals surface area (Å²) in [4.78, 5) is -0.938. The molecule has 3 N–H and O–H groups in total. The molecule has 0 saturated heterocycles. The number of nitrogens with zero attached hydrogens (tertiary/aromatic N) is 2. The number of aromatic hydroxyl groups is 1. The fraction of sp³-hybridized carbons (Fsp3) is 0.111. The Morgan fingerprint density at radius 3 is 1.97 bits per heavy atom. The average Bonchev–Trinajstić information content (AvgIpc) is 2.62. The predicted molar refractivity (Wildman–Crippen MR) is 105 cm³/mol. The van der Waals surface area contributed by atoms with Gasteiger partial charge < -0.3 is 5.11 Å². The largest absolute Gasteiger partial charge is 0.505 e. The minimum atomic E-state index is -4.64. The van der Waals surface area contributed by atoms with Gasteiger partial charge in [0.15, 0.2) is 5.75 Å². The molecule has 0 saturated carbocycles. The van der Waals surface area contributed by atoms with Crippen molar-refractivity contribution in [1.29, 1.82) is 0 Å². The second-order valence-corrected chi connectivity index (χ2v) is 9.04. The summed E-state index contributed by atoms with van der Waals surface area (Å²) in [5, 5.41) is 18.2. The summed E-state index contributed by atoms with van der Waals surface area (Å²) in [5.74, 6) is -0.408. The number of azo groups is 1. The first kappa shape index (κ1) is 20.9. The van der Waals surface area contributed by atoms with Crippen LogP contribution >= 0.6 is 0 Å². The van der Waals surface area contributed by atoms with Crippen molar-refractivity contribution in [3.8, 4) is 5.75 Å². The van der Waals surface area contributed by atoms with Crippen molar-refractivity contribution in [1.82, 2.24) is 0 Å². The van der Waals surface area contributed by atoms with Gasteiger partial charge >= 0.3 is 0 Å². The van der Waals surface area contributed by atoms with Crippen molar-refractivity contribution in [2.75, 3.05) is 0 Å². The van der Waals surface area contributed by atoms with E-state index in [0.29, 0.717) is 5.56 Å². The van der Waals surface area contributed by atoms with Gasteiger partial charge in [0.25, 0.3) is 20.2 Å². The highest BCUT2D eigenvalue weighted by Crippen LogP contribution is 2.40. The van der Waals surface area contributed by atoms with Crippen molar-refractivity contribution in [3.63, 3.8) is 0 Å². The Bertz CT molecular complexity index is 1380. The molecule has 0 radical (unpaired) electrons. The van der Waals surface area contributed by atoms with Gasteiger partial charge in [-0.2, -0.15) is 16.8 Å². The first-order valence-corrected chi connectivity index (χ1v) is 11.0. The molecule has 0 aliphatic rings. The number of aryl methyl sites for hydroxylation is 1. The summed E-state index contributed by atoms with van der Waals surface area (Å²) < 4.78 is 66.0. The van der Waals surface area contributed by atoms with Crippen molar-refractivity contribution in [2.24, 2.45) is 10.2 Å². The lowest BCUT2D eigenvalue weighted by Crippen LogP contribution is -2.02.